The maximum absolute atomic E-state index is 12.3. The molecule has 3 heterocycles. The van der Waals surface area contributed by atoms with E-state index >= 15 is 0 Å². The molecule has 1 atom stereocenters. The lowest BCUT2D eigenvalue weighted by Gasteiger charge is -2.47. The molecule has 4 rings (SSSR count). The van der Waals surface area contributed by atoms with Gasteiger partial charge in [0.1, 0.15) is 5.75 Å². The Bertz CT molecular complexity index is 623. The minimum atomic E-state index is -2.80. The highest BCUT2D eigenvalue weighted by molar-refractivity contribution is 14.0. The third-order valence-corrected chi connectivity index (χ3v) is 5.11. The summed E-state index contributed by atoms with van der Waals surface area (Å²) in [7, 11) is 1.99. The Morgan fingerprint density at radius 1 is 1.25 bits per heavy atom. The number of benzene rings is 1. The molecular weight excluding hydrogens is 479 g/mol. The molecule has 0 saturated carbocycles. The molecule has 3 saturated heterocycles. The van der Waals surface area contributed by atoms with Crippen LogP contribution in [0.5, 0.6) is 5.75 Å². The fraction of sp³-hybridized carbons (Fsp3) is 0.632. The molecule has 1 aromatic rings. The molecule has 0 aliphatic carbocycles. The van der Waals surface area contributed by atoms with Crippen molar-refractivity contribution in [1.82, 2.24) is 20.0 Å². The van der Waals surface area contributed by atoms with Crippen molar-refractivity contribution in [2.45, 2.75) is 26.1 Å². The zero-order valence-electron chi connectivity index (χ0n) is 16.5. The molecule has 6 nitrogen and oxygen atoms in total. The lowest BCUT2D eigenvalue weighted by molar-refractivity contribution is -0.0498. The fourth-order valence-electron chi connectivity index (χ4n) is 3.68. The average Bonchev–Trinajstić information content (AvgIpc) is 2.67. The Hall–Kier alpha value is -1.20. The Morgan fingerprint density at radius 3 is 2.46 bits per heavy atom. The predicted molar refractivity (Wildman–Crippen MR) is 118 cm³/mol. The van der Waals surface area contributed by atoms with Crippen LogP contribution in [0.1, 0.15) is 12.5 Å². The highest BCUT2D eigenvalue weighted by atomic mass is 127. The van der Waals surface area contributed by atoms with Gasteiger partial charge >= 0.3 is 6.61 Å². The van der Waals surface area contributed by atoms with Gasteiger partial charge in [0, 0.05) is 58.9 Å². The Kier molecular flexibility index (Phi) is 9.16. The van der Waals surface area contributed by atoms with Crippen molar-refractivity contribution in [3.05, 3.63) is 29.8 Å². The second kappa shape index (κ2) is 11.1. The van der Waals surface area contributed by atoms with Crippen molar-refractivity contribution >= 4 is 29.9 Å². The summed E-state index contributed by atoms with van der Waals surface area (Å²) in [6, 6.07) is 7.23. The largest absolute Gasteiger partial charge is 0.435 e. The maximum Gasteiger partial charge on any atom is 0.387 e. The molecule has 3 aliphatic heterocycles. The average molecular weight is 509 g/mol. The van der Waals surface area contributed by atoms with Crippen molar-refractivity contribution in [2.75, 3.05) is 52.9 Å². The standard InChI is InChI=1S/C19H29F2N5O.HI/c1-3-22-19(23-12-16-14-25-8-10-26(16)11-9-25)24(2)13-15-4-6-17(7-5-15)27-18(20)21;/h4-7,16,18H,3,8-14H2,1-2H3,(H,22,23);1H. The van der Waals surface area contributed by atoms with Crippen LogP contribution >= 0.6 is 24.0 Å². The second-order valence-electron chi connectivity index (χ2n) is 7.06. The molecule has 0 amide bonds. The number of aliphatic imine (C=N–C) groups is 1. The molecular formula is C19H30F2IN5O. The van der Waals surface area contributed by atoms with E-state index in [1.54, 1.807) is 24.3 Å². The number of nitrogens with zero attached hydrogens (tertiary/aromatic N) is 4. The van der Waals surface area contributed by atoms with E-state index in [9.17, 15) is 8.78 Å². The Labute approximate surface area is 182 Å². The molecule has 0 spiro atoms. The molecule has 0 radical (unpaired) electrons. The minimum Gasteiger partial charge on any atom is -0.435 e. The molecule has 3 fully saturated rings. The highest BCUT2D eigenvalue weighted by Gasteiger charge is 2.31. The van der Waals surface area contributed by atoms with Gasteiger partial charge in [-0.2, -0.15) is 8.78 Å². The number of rotatable bonds is 7. The van der Waals surface area contributed by atoms with Crippen molar-refractivity contribution in [2.24, 2.45) is 4.99 Å². The van der Waals surface area contributed by atoms with E-state index in [0.29, 0.717) is 12.6 Å². The maximum atomic E-state index is 12.3. The molecule has 1 unspecified atom stereocenters. The first kappa shape index (κ1) is 23.1. The number of guanidine groups is 1. The van der Waals surface area contributed by atoms with Crippen LogP contribution in [0, 0.1) is 0 Å². The molecule has 9 heteroatoms. The van der Waals surface area contributed by atoms with Crippen molar-refractivity contribution < 1.29 is 13.5 Å². The van der Waals surface area contributed by atoms with Gasteiger partial charge in [0.05, 0.1) is 6.54 Å². The second-order valence-corrected chi connectivity index (χ2v) is 7.06. The van der Waals surface area contributed by atoms with Gasteiger partial charge in [-0.1, -0.05) is 12.1 Å². The summed E-state index contributed by atoms with van der Waals surface area (Å²) < 4.78 is 28.9. The zero-order chi connectivity index (χ0) is 19.2. The molecule has 3 aliphatic rings. The molecule has 158 valence electrons. The highest BCUT2D eigenvalue weighted by Crippen LogP contribution is 2.17. The van der Waals surface area contributed by atoms with Crippen LogP contribution in [-0.4, -0.2) is 86.2 Å². The number of fused-ring (bicyclic) bond motifs is 3. The SMILES string of the molecule is CCNC(=NCC1CN2CCN1CC2)N(C)Cc1ccc(OC(F)F)cc1.I. The summed E-state index contributed by atoms with van der Waals surface area (Å²) in [5.41, 5.74) is 1.01. The fourth-order valence-corrected chi connectivity index (χ4v) is 3.68. The first-order valence-electron chi connectivity index (χ1n) is 9.54. The van der Waals surface area contributed by atoms with Gasteiger partial charge in [0.25, 0.3) is 0 Å². The normalized spacial score (nSPS) is 24.0. The third-order valence-electron chi connectivity index (χ3n) is 5.11. The lowest BCUT2D eigenvalue weighted by atomic mass is 10.1. The molecule has 1 aromatic carbocycles. The van der Waals surface area contributed by atoms with E-state index in [1.165, 1.54) is 13.1 Å². The van der Waals surface area contributed by atoms with Crippen LogP contribution in [0.4, 0.5) is 8.78 Å². The number of hydrogen-bond donors (Lipinski definition) is 1. The first-order chi connectivity index (χ1) is 13.0. The van der Waals surface area contributed by atoms with Gasteiger partial charge in [-0.25, -0.2) is 0 Å². The van der Waals surface area contributed by atoms with Crippen molar-refractivity contribution in [3.63, 3.8) is 0 Å². The van der Waals surface area contributed by atoms with E-state index < -0.39 is 6.61 Å². The van der Waals surface area contributed by atoms with Crippen LogP contribution in [0.2, 0.25) is 0 Å². The van der Waals surface area contributed by atoms with E-state index in [0.717, 1.165) is 44.2 Å². The monoisotopic (exact) mass is 509 g/mol. The number of hydrogen-bond acceptors (Lipinski definition) is 4. The summed E-state index contributed by atoms with van der Waals surface area (Å²) in [4.78, 5) is 12.0. The summed E-state index contributed by atoms with van der Waals surface area (Å²) in [6.07, 6.45) is 0. The lowest BCUT2D eigenvalue weighted by Crippen LogP contribution is -2.62. The van der Waals surface area contributed by atoms with E-state index in [1.807, 2.05) is 7.05 Å². The summed E-state index contributed by atoms with van der Waals surface area (Å²) in [6.45, 7) is 7.19. The zero-order valence-corrected chi connectivity index (χ0v) is 18.8. The Balaban J connectivity index is 0.00000280. The van der Waals surface area contributed by atoms with Gasteiger partial charge in [-0.05, 0) is 24.6 Å². The van der Waals surface area contributed by atoms with Crippen LogP contribution in [0.25, 0.3) is 0 Å². The number of piperazine rings is 3. The molecule has 2 bridgehead atoms. The first-order valence-corrected chi connectivity index (χ1v) is 9.54. The number of nitrogens with one attached hydrogen (secondary N) is 1. The van der Waals surface area contributed by atoms with Gasteiger partial charge < -0.3 is 15.0 Å². The summed E-state index contributed by atoms with van der Waals surface area (Å²) >= 11 is 0. The summed E-state index contributed by atoms with van der Waals surface area (Å²) in [5, 5.41) is 3.34. The van der Waals surface area contributed by atoms with Gasteiger partial charge in [0.15, 0.2) is 5.96 Å². The van der Waals surface area contributed by atoms with Gasteiger partial charge in [-0.3, -0.25) is 14.8 Å². The van der Waals surface area contributed by atoms with Crippen LogP contribution in [0.3, 0.4) is 0 Å². The van der Waals surface area contributed by atoms with Crippen molar-refractivity contribution in [3.8, 4) is 5.75 Å². The van der Waals surface area contributed by atoms with Crippen LogP contribution in [0.15, 0.2) is 29.3 Å². The van der Waals surface area contributed by atoms with Crippen LogP contribution < -0.4 is 10.1 Å². The van der Waals surface area contributed by atoms with Gasteiger partial charge in [-0.15, -0.1) is 24.0 Å². The topological polar surface area (TPSA) is 43.3 Å². The Morgan fingerprint density at radius 2 is 1.93 bits per heavy atom. The minimum absolute atomic E-state index is 0. The predicted octanol–water partition coefficient (Wildman–Crippen LogP) is 2.30. The van der Waals surface area contributed by atoms with Crippen molar-refractivity contribution in [1.29, 1.82) is 0 Å². The van der Waals surface area contributed by atoms with Gasteiger partial charge in [0.2, 0.25) is 0 Å². The number of alkyl halides is 2. The smallest absolute Gasteiger partial charge is 0.387 e. The summed E-state index contributed by atoms with van der Waals surface area (Å²) in [5.74, 6) is 1.04. The number of halogens is 3. The molecule has 1 N–H and O–H groups in total. The molecule has 0 aromatic heterocycles. The third kappa shape index (κ3) is 6.41. The molecule has 28 heavy (non-hydrogen) atoms. The van der Waals surface area contributed by atoms with E-state index in [4.69, 9.17) is 4.99 Å². The van der Waals surface area contributed by atoms with E-state index in [-0.39, 0.29) is 29.7 Å². The van der Waals surface area contributed by atoms with E-state index in [2.05, 4.69) is 31.7 Å². The quantitative estimate of drug-likeness (QED) is 0.347. The van der Waals surface area contributed by atoms with Crippen LogP contribution in [-0.2, 0) is 6.54 Å². The number of ether oxygens (including phenoxy) is 1.